The van der Waals surface area contributed by atoms with Crippen molar-refractivity contribution in [3.05, 3.63) is 0 Å². The molecule has 1 spiro atoms. The molecular weight excluding hydrogens is 244 g/mol. The number of thioether (sulfide) groups is 1. The maximum absolute atomic E-state index is 6.17. The van der Waals surface area contributed by atoms with E-state index >= 15 is 0 Å². The summed E-state index contributed by atoms with van der Waals surface area (Å²) in [4.78, 5) is 0. The zero-order chi connectivity index (χ0) is 12.5. The van der Waals surface area contributed by atoms with Gasteiger partial charge >= 0.3 is 0 Å². The molecule has 18 heavy (non-hydrogen) atoms. The largest absolute Gasteiger partial charge is 0.375 e. The fourth-order valence-electron chi connectivity index (χ4n) is 3.68. The van der Waals surface area contributed by atoms with Crippen molar-refractivity contribution in [2.24, 2.45) is 0 Å². The van der Waals surface area contributed by atoms with Gasteiger partial charge in [0.1, 0.15) is 0 Å². The van der Waals surface area contributed by atoms with Crippen LogP contribution in [0.25, 0.3) is 0 Å². The van der Waals surface area contributed by atoms with Crippen LogP contribution in [0.2, 0.25) is 0 Å². The first-order valence-electron chi connectivity index (χ1n) is 7.40. The van der Waals surface area contributed by atoms with Crippen LogP contribution in [0.15, 0.2) is 0 Å². The second kappa shape index (κ2) is 5.31. The van der Waals surface area contributed by atoms with Crippen LogP contribution in [0.3, 0.4) is 0 Å². The van der Waals surface area contributed by atoms with Crippen LogP contribution in [0.1, 0.15) is 39.0 Å². The van der Waals surface area contributed by atoms with Gasteiger partial charge in [0.15, 0.2) is 0 Å². The van der Waals surface area contributed by atoms with Crippen molar-refractivity contribution in [3.63, 3.8) is 0 Å². The maximum atomic E-state index is 6.17. The summed E-state index contributed by atoms with van der Waals surface area (Å²) in [6, 6.07) is 0.659. The van der Waals surface area contributed by atoms with E-state index in [0.29, 0.717) is 11.6 Å². The lowest BCUT2D eigenvalue weighted by Crippen LogP contribution is -2.55. The monoisotopic (exact) mass is 270 g/mol. The first-order chi connectivity index (χ1) is 8.70. The highest BCUT2D eigenvalue weighted by molar-refractivity contribution is 7.99. The Morgan fingerprint density at radius 3 is 2.83 bits per heavy atom. The van der Waals surface area contributed by atoms with Crippen molar-refractivity contribution in [1.82, 2.24) is 10.6 Å². The van der Waals surface area contributed by atoms with Crippen LogP contribution < -0.4 is 10.6 Å². The van der Waals surface area contributed by atoms with E-state index in [9.17, 15) is 0 Å². The highest BCUT2D eigenvalue weighted by atomic mass is 32.2. The Morgan fingerprint density at radius 2 is 2.11 bits per heavy atom. The molecule has 3 saturated heterocycles. The molecule has 0 aliphatic carbocycles. The Hall–Kier alpha value is 0.230. The SMILES string of the molecule is CC1(NC2CCOC3(CCSCC3)C2)CCNC1. The Bertz CT molecular complexity index is 280. The van der Waals surface area contributed by atoms with E-state index in [2.05, 4.69) is 29.3 Å². The topological polar surface area (TPSA) is 33.3 Å². The van der Waals surface area contributed by atoms with Crippen molar-refractivity contribution < 1.29 is 4.74 Å². The molecule has 0 radical (unpaired) electrons. The Morgan fingerprint density at radius 1 is 1.28 bits per heavy atom. The lowest BCUT2D eigenvalue weighted by molar-refractivity contribution is -0.0955. The van der Waals surface area contributed by atoms with E-state index in [1.54, 1.807) is 0 Å². The van der Waals surface area contributed by atoms with Crippen LogP contribution in [-0.2, 0) is 4.74 Å². The average molecular weight is 270 g/mol. The summed E-state index contributed by atoms with van der Waals surface area (Å²) in [5.41, 5.74) is 0.524. The quantitative estimate of drug-likeness (QED) is 0.801. The molecule has 3 aliphatic heterocycles. The first-order valence-corrected chi connectivity index (χ1v) is 8.55. The Balaban J connectivity index is 1.59. The fourth-order valence-corrected chi connectivity index (χ4v) is 4.91. The van der Waals surface area contributed by atoms with Crippen LogP contribution in [0, 0.1) is 0 Å². The highest BCUT2D eigenvalue weighted by Gasteiger charge is 2.41. The van der Waals surface area contributed by atoms with Gasteiger partial charge in [0.2, 0.25) is 0 Å². The predicted octanol–water partition coefficient (Wildman–Crippen LogP) is 1.77. The molecule has 3 nitrogen and oxygen atoms in total. The molecule has 3 rings (SSSR count). The summed E-state index contributed by atoms with van der Waals surface area (Å²) in [7, 11) is 0. The maximum Gasteiger partial charge on any atom is 0.0713 e. The molecule has 4 heteroatoms. The molecule has 0 bridgehead atoms. The average Bonchev–Trinajstić information content (AvgIpc) is 2.77. The summed E-state index contributed by atoms with van der Waals surface area (Å²) in [5, 5.41) is 7.39. The van der Waals surface area contributed by atoms with Crippen molar-refractivity contribution in [1.29, 1.82) is 0 Å². The van der Waals surface area contributed by atoms with Gasteiger partial charge in [-0.25, -0.2) is 0 Å². The standard InChI is InChI=1S/C14H26N2OS/c1-13(3-6-15-11-13)16-12-2-7-17-14(10-12)4-8-18-9-5-14/h12,15-16H,2-11H2,1H3. The molecule has 2 atom stereocenters. The third kappa shape index (κ3) is 2.87. The van der Waals surface area contributed by atoms with Gasteiger partial charge in [-0.15, -0.1) is 0 Å². The van der Waals surface area contributed by atoms with Gasteiger partial charge in [0.25, 0.3) is 0 Å². The van der Waals surface area contributed by atoms with Gasteiger partial charge in [-0.3, -0.25) is 0 Å². The third-order valence-electron chi connectivity index (χ3n) is 4.82. The minimum absolute atomic E-state index is 0.212. The van der Waals surface area contributed by atoms with Crippen LogP contribution in [-0.4, -0.2) is 48.4 Å². The van der Waals surface area contributed by atoms with Gasteiger partial charge in [0, 0.05) is 24.7 Å². The number of hydrogen-bond acceptors (Lipinski definition) is 4. The third-order valence-corrected chi connectivity index (χ3v) is 5.80. The molecule has 0 saturated carbocycles. The zero-order valence-corrected chi connectivity index (χ0v) is 12.3. The molecule has 2 N–H and O–H groups in total. The van der Waals surface area contributed by atoms with Crippen molar-refractivity contribution >= 4 is 11.8 Å². The van der Waals surface area contributed by atoms with E-state index in [4.69, 9.17) is 4.74 Å². The molecule has 3 aliphatic rings. The summed E-state index contributed by atoms with van der Waals surface area (Å²) in [6.45, 7) is 5.60. The second-order valence-corrected chi connectivity index (χ2v) is 7.69. The number of rotatable bonds is 2. The molecule has 3 heterocycles. The predicted molar refractivity (Wildman–Crippen MR) is 77.3 cm³/mol. The van der Waals surface area contributed by atoms with Crippen molar-refractivity contribution in [3.8, 4) is 0 Å². The van der Waals surface area contributed by atoms with E-state index in [1.807, 2.05) is 0 Å². The first kappa shape index (κ1) is 13.2. The molecular formula is C14H26N2OS. The normalized spacial score (nSPS) is 40.2. The Kier molecular flexibility index (Phi) is 3.90. The lowest BCUT2D eigenvalue weighted by atomic mass is 9.84. The van der Waals surface area contributed by atoms with E-state index in [1.165, 1.54) is 43.6 Å². The van der Waals surface area contributed by atoms with Gasteiger partial charge in [-0.1, -0.05) is 0 Å². The van der Waals surface area contributed by atoms with Gasteiger partial charge < -0.3 is 15.4 Å². The number of nitrogens with one attached hydrogen (secondary N) is 2. The van der Waals surface area contributed by atoms with Crippen molar-refractivity contribution in [2.45, 2.75) is 56.2 Å². The molecule has 3 fully saturated rings. The molecule has 0 aromatic heterocycles. The van der Waals surface area contributed by atoms with E-state index in [0.717, 1.165) is 19.7 Å². The minimum atomic E-state index is 0.212. The fraction of sp³-hybridized carbons (Fsp3) is 1.00. The Labute approximate surface area is 115 Å². The van der Waals surface area contributed by atoms with Gasteiger partial charge in [-0.05, 0) is 57.1 Å². The second-order valence-electron chi connectivity index (χ2n) is 6.47. The van der Waals surface area contributed by atoms with Gasteiger partial charge in [0.05, 0.1) is 5.60 Å². The number of hydrogen-bond donors (Lipinski definition) is 2. The summed E-state index contributed by atoms with van der Waals surface area (Å²) in [5.74, 6) is 2.57. The zero-order valence-electron chi connectivity index (χ0n) is 11.5. The lowest BCUT2D eigenvalue weighted by Gasteiger charge is -2.45. The summed E-state index contributed by atoms with van der Waals surface area (Å²) < 4.78 is 6.17. The molecule has 0 amide bonds. The summed E-state index contributed by atoms with van der Waals surface area (Å²) in [6.07, 6.45) is 6.18. The summed E-state index contributed by atoms with van der Waals surface area (Å²) >= 11 is 2.09. The van der Waals surface area contributed by atoms with Gasteiger partial charge in [-0.2, -0.15) is 11.8 Å². The van der Waals surface area contributed by atoms with Crippen molar-refractivity contribution in [2.75, 3.05) is 31.2 Å². The molecule has 0 aromatic rings. The van der Waals surface area contributed by atoms with E-state index in [-0.39, 0.29) is 5.60 Å². The molecule has 2 unspecified atom stereocenters. The highest BCUT2D eigenvalue weighted by Crippen LogP contribution is 2.38. The minimum Gasteiger partial charge on any atom is -0.375 e. The number of ether oxygens (including phenoxy) is 1. The molecule has 104 valence electrons. The van der Waals surface area contributed by atoms with Crippen LogP contribution in [0.5, 0.6) is 0 Å². The van der Waals surface area contributed by atoms with E-state index < -0.39 is 0 Å². The van der Waals surface area contributed by atoms with Crippen LogP contribution in [0.4, 0.5) is 0 Å². The smallest absolute Gasteiger partial charge is 0.0713 e. The van der Waals surface area contributed by atoms with Crippen LogP contribution >= 0.6 is 11.8 Å². The molecule has 0 aromatic carbocycles.